The Hall–Kier alpha value is -2.83. The number of rotatable bonds is 19. The van der Waals surface area contributed by atoms with Gasteiger partial charge >= 0.3 is 6.09 Å². The van der Waals surface area contributed by atoms with Crippen LogP contribution in [0.1, 0.15) is 77.2 Å². The average Bonchev–Trinajstić information content (AvgIpc) is 3.94. The van der Waals surface area contributed by atoms with Crippen LogP contribution in [0.4, 0.5) is 4.79 Å². The van der Waals surface area contributed by atoms with Gasteiger partial charge in [0, 0.05) is 57.8 Å². The fourth-order valence-corrected chi connectivity index (χ4v) is 8.03. The molecule has 0 spiro atoms. The predicted octanol–water partition coefficient (Wildman–Crippen LogP) is 6.12. The summed E-state index contributed by atoms with van der Waals surface area (Å²) in [6, 6.07) is 5.38. The van der Waals surface area contributed by atoms with E-state index < -0.39 is 29.4 Å². The Morgan fingerprint density at radius 2 is 1.90 bits per heavy atom. The molecule has 6 unspecified atom stereocenters. The van der Waals surface area contributed by atoms with E-state index in [0.29, 0.717) is 31.6 Å². The summed E-state index contributed by atoms with van der Waals surface area (Å²) in [7, 11) is 1.71. The summed E-state index contributed by atoms with van der Waals surface area (Å²) >= 11 is 5.92. The molecule has 0 radical (unpaired) electrons. The van der Waals surface area contributed by atoms with Gasteiger partial charge in [-0.05, 0) is 82.1 Å². The lowest BCUT2D eigenvalue weighted by Gasteiger charge is -2.59. The van der Waals surface area contributed by atoms with E-state index in [1.165, 1.54) is 0 Å². The van der Waals surface area contributed by atoms with E-state index in [9.17, 15) is 15.0 Å². The molecule has 51 heavy (non-hydrogen) atoms. The zero-order valence-corrected chi connectivity index (χ0v) is 31.6. The number of carbonyl (C=O) groups is 1. The van der Waals surface area contributed by atoms with Crippen molar-refractivity contribution < 1.29 is 38.8 Å². The van der Waals surface area contributed by atoms with Gasteiger partial charge in [0.2, 0.25) is 5.79 Å². The van der Waals surface area contributed by atoms with Gasteiger partial charge in [0.1, 0.15) is 36.4 Å². The van der Waals surface area contributed by atoms with Gasteiger partial charge in [0.15, 0.2) is 0 Å². The van der Waals surface area contributed by atoms with Crippen molar-refractivity contribution in [1.82, 2.24) is 9.80 Å². The number of allylic oxidation sites excluding steroid dienone is 1. The number of likely N-dealkylation sites (N-methyl/N-ethyl adjacent to an activating group) is 1. The number of alkyl halides is 1. The highest BCUT2D eigenvalue weighted by Gasteiger charge is 2.65. The lowest BCUT2D eigenvalue weighted by molar-refractivity contribution is -0.253. The molecule has 1 saturated carbocycles. The molecule has 2 fully saturated rings. The number of aliphatic hydroxyl groups excluding tert-OH is 2. The maximum absolute atomic E-state index is 13.6. The molecule has 2 heterocycles. The Kier molecular flexibility index (Phi) is 13.7. The van der Waals surface area contributed by atoms with Gasteiger partial charge in [-0.15, -0.1) is 18.2 Å². The van der Waals surface area contributed by atoms with Crippen LogP contribution in [0.25, 0.3) is 0 Å². The van der Waals surface area contributed by atoms with Gasteiger partial charge in [-0.25, -0.2) is 4.79 Å². The van der Waals surface area contributed by atoms with Crippen molar-refractivity contribution in [3.05, 3.63) is 48.1 Å². The minimum atomic E-state index is -1.33. The number of fused-ring (bicyclic) bond motifs is 2. The quantitative estimate of drug-likeness (QED) is 0.0570. The fraction of sp³-hybridized carbons (Fsp3) is 0.692. The molecule has 5 rings (SSSR count). The van der Waals surface area contributed by atoms with Crippen LogP contribution in [0, 0.1) is 17.8 Å². The third kappa shape index (κ3) is 9.40. The van der Waals surface area contributed by atoms with Crippen LogP contribution in [0.5, 0.6) is 11.5 Å². The molecule has 6 atom stereocenters. The molecule has 4 aliphatic rings. The molecule has 0 bridgehead atoms. The Balaban J connectivity index is 1.71. The average molecular weight is 732 g/mol. The molecule has 12 heteroatoms. The number of hydrogen-bond acceptors (Lipinski definition) is 10. The summed E-state index contributed by atoms with van der Waals surface area (Å²) in [5.74, 6) is 0.0519. The number of unbranched alkanes of at least 4 members (excludes halogenated alkanes) is 2. The van der Waals surface area contributed by atoms with Crippen LogP contribution < -0.4 is 9.47 Å². The van der Waals surface area contributed by atoms with Crippen molar-refractivity contribution in [3.63, 3.8) is 0 Å². The van der Waals surface area contributed by atoms with Crippen molar-refractivity contribution in [3.8, 4) is 11.5 Å². The summed E-state index contributed by atoms with van der Waals surface area (Å²) < 4.78 is 25.9. The minimum Gasteiger partial charge on any atom is -0.492 e. The predicted molar refractivity (Wildman–Crippen MR) is 198 cm³/mol. The molecule has 1 aromatic rings. The molecule has 1 aromatic carbocycles. The highest BCUT2D eigenvalue weighted by atomic mass is 35.5. The monoisotopic (exact) mass is 731 g/mol. The van der Waals surface area contributed by atoms with Crippen molar-refractivity contribution >= 4 is 23.4 Å². The Morgan fingerprint density at radius 1 is 1.16 bits per heavy atom. The smallest absolute Gasteiger partial charge is 0.410 e. The van der Waals surface area contributed by atoms with Crippen molar-refractivity contribution in [2.45, 2.75) is 89.1 Å². The molecular weight excluding hydrogens is 674 g/mol. The maximum Gasteiger partial charge on any atom is 0.410 e. The third-order valence-electron chi connectivity index (χ3n) is 10.3. The number of oxime groups is 1. The third-order valence-corrected chi connectivity index (χ3v) is 10.5. The summed E-state index contributed by atoms with van der Waals surface area (Å²) in [6.07, 6.45) is 8.63. The number of benzene rings is 1. The zero-order chi connectivity index (χ0) is 36.6. The highest BCUT2D eigenvalue weighted by molar-refractivity contribution is 6.18. The second-order valence-electron chi connectivity index (χ2n) is 15.1. The molecule has 2 N–H and O–H groups in total. The molecule has 1 amide bonds. The van der Waals surface area contributed by atoms with E-state index in [1.807, 2.05) is 32.9 Å². The lowest BCUT2D eigenvalue weighted by Crippen LogP contribution is -2.69. The van der Waals surface area contributed by atoms with Gasteiger partial charge in [-0.3, -0.25) is 4.90 Å². The second kappa shape index (κ2) is 17.8. The van der Waals surface area contributed by atoms with Gasteiger partial charge in [0.05, 0.1) is 24.1 Å². The van der Waals surface area contributed by atoms with E-state index in [4.69, 9.17) is 40.5 Å². The number of carbonyl (C=O) groups excluding carboxylic acids is 1. The molecule has 1 saturated heterocycles. The van der Waals surface area contributed by atoms with Crippen LogP contribution in [0.3, 0.4) is 0 Å². The Bertz CT molecular complexity index is 1390. The summed E-state index contributed by atoms with van der Waals surface area (Å²) in [6.45, 7) is 14.0. The van der Waals surface area contributed by atoms with Gasteiger partial charge < -0.3 is 38.9 Å². The fourth-order valence-electron chi connectivity index (χ4n) is 7.95. The number of ether oxygens (including phenoxy) is 4. The first-order valence-electron chi connectivity index (χ1n) is 18.6. The summed E-state index contributed by atoms with van der Waals surface area (Å²) in [4.78, 5) is 23.6. The van der Waals surface area contributed by atoms with E-state index in [-0.39, 0.29) is 50.1 Å². The van der Waals surface area contributed by atoms with Crippen LogP contribution in [0.15, 0.2) is 47.7 Å². The number of nitrogens with zero attached hydrogens (tertiary/aromatic N) is 3. The molecule has 284 valence electrons. The van der Waals surface area contributed by atoms with Crippen LogP contribution >= 0.6 is 11.6 Å². The van der Waals surface area contributed by atoms with Crippen LogP contribution in [-0.2, 0) is 14.3 Å². The lowest BCUT2D eigenvalue weighted by atomic mass is 9.55. The number of aliphatic hydroxyl groups is 2. The zero-order valence-electron chi connectivity index (χ0n) is 30.9. The normalized spacial score (nSPS) is 27.5. The number of hydrogen-bond donors (Lipinski definition) is 2. The van der Waals surface area contributed by atoms with E-state index in [0.717, 1.165) is 67.9 Å². The summed E-state index contributed by atoms with van der Waals surface area (Å²) in [5.41, 5.74) is 2.19. The van der Waals surface area contributed by atoms with Crippen molar-refractivity contribution in [1.29, 1.82) is 0 Å². The molecule has 0 aromatic heterocycles. The summed E-state index contributed by atoms with van der Waals surface area (Å²) in [5, 5.41) is 24.4. The molecular formula is C39H58ClN3O8. The van der Waals surface area contributed by atoms with E-state index >= 15 is 0 Å². The standard InChI is InChI=1S/C39H58ClN3O8/c1-6-21-49-39-34(42(5)37(46)48-22-15-40)26-32(41-51-38(2,3)4)30-24-27(11-7-9-19-44)29(12-8-10-20-45)35(36(30)39)31-25-28(13-14-33(31)50-39)47-23-18-43-16-17-43/h6,13-14,24-25,27,29,34-36,44-45H,1,7-12,15-23,26H2,2-5H3. The van der Waals surface area contributed by atoms with E-state index in [1.54, 1.807) is 18.0 Å². The first-order chi connectivity index (χ1) is 24.6. The van der Waals surface area contributed by atoms with Gasteiger partial charge in [-0.2, -0.15) is 0 Å². The number of amides is 1. The largest absolute Gasteiger partial charge is 0.492 e. The van der Waals surface area contributed by atoms with Gasteiger partial charge in [-0.1, -0.05) is 30.1 Å². The first kappa shape index (κ1) is 39.4. The maximum atomic E-state index is 13.6. The van der Waals surface area contributed by atoms with Gasteiger partial charge in [0.25, 0.3) is 0 Å². The molecule has 2 aliphatic heterocycles. The second-order valence-corrected chi connectivity index (χ2v) is 15.5. The topological polar surface area (TPSA) is 122 Å². The van der Waals surface area contributed by atoms with Crippen LogP contribution in [-0.4, -0.2) is 115 Å². The molecule has 2 aliphatic carbocycles. The Morgan fingerprint density at radius 3 is 2.57 bits per heavy atom. The highest BCUT2D eigenvalue weighted by Crippen LogP contribution is 2.61. The SMILES string of the molecule is C=CCOC12Oc3ccc(OCCN4CC4)cc3C3C(CCCCO)C(CCCCO)C=C(C(=NOC(C)(C)C)CC1N(C)C(=O)OCCCl)C32. The first-order valence-corrected chi connectivity index (χ1v) is 19.2. The van der Waals surface area contributed by atoms with Crippen LogP contribution in [0.2, 0.25) is 0 Å². The van der Waals surface area contributed by atoms with E-state index in [2.05, 4.69) is 23.6 Å². The Labute approximate surface area is 308 Å². The molecule has 11 nitrogen and oxygen atoms in total. The minimum absolute atomic E-state index is 0.0654. The van der Waals surface area contributed by atoms with Crippen molar-refractivity contribution in [2.75, 3.05) is 65.6 Å². The number of halogens is 1. The van der Waals surface area contributed by atoms with Crippen molar-refractivity contribution in [2.24, 2.45) is 22.9 Å².